The summed E-state index contributed by atoms with van der Waals surface area (Å²) in [6.45, 7) is 0. The highest BCUT2D eigenvalue weighted by Gasteiger charge is 2.30. The highest BCUT2D eigenvalue weighted by Crippen LogP contribution is 2.29. The molecule has 0 bridgehead atoms. The number of carbonyl (C=O) groups is 1. The number of alkyl halides is 3. The van der Waals surface area contributed by atoms with Gasteiger partial charge in [0.15, 0.2) is 0 Å². The predicted molar refractivity (Wildman–Crippen MR) is 101 cm³/mol. The van der Waals surface area contributed by atoms with Crippen LogP contribution in [-0.4, -0.2) is 16.9 Å². The molecule has 2 aromatic carbocycles. The maximum Gasteiger partial charge on any atom is 0.416 e. The molecule has 0 saturated heterocycles. The Morgan fingerprint density at radius 3 is 2.07 bits per heavy atom. The number of anilines is 1. The monoisotopic (exact) mass is 385 g/mol. The van der Waals surface area contributed by atoms with E-state index in [-0.39, 0.29) is 6.42 Å². The van der Waals surface area contributed by atoms with E-state index in [2.05, 4.69) is 10.3 Å². The summed E-state index contributed by atoms with van der Waals surface area (Å²) in [4.78, 5) is 16.2. The van der Waals surface area contributed by atoms with Crippen LogP contribution in [0.4, 0.5) is 18.9 Å². The van der Waals surface area contributed by atoms with E-state index < -0.39 is 23.7 Å². The number of hydrogen-bond acceptors (Lipinski definition) is 3. The molecular formula is C21H18F3N3O. The molecule has 0 spiro atoms. The van der Waals surface area contributed by atoms with Gasteiger partial charge in [-0.1, -0.05) is 24.3 Å². The van der Waals surface area contributed by atoms with Gasteiger partial charge in [0.05, 0.1) is 11.6 Å². The van der Waals surface area contributed by atoms with E-state index in [9.17, 15) is 18.0 Å². The summed E-state index contributed by atoms with van der Waals surface area (Å²) in [6, 6.07) is 14.8. The molecule has 7 heteroatoms. The molecule has 0 aliphatic rings. The second-order valence-corrected chi connectivity index (χ2v) is 6.31. The van der Waals surface area contributed by atoms with Gasteiger partial charge in [0.25, 0.3) is 0 Å². The maximum atomic E-state index is 12.6. The van der Waals surface area contributed by atoms with Crippen LogP contribution in [0.25, 0.3) is 11.1 Å². The SMILES string of the molecule is N[C@H](Cc1ccc(C(F)(F)F)cc1)C(=O)Nc1ccc(-c2ccncc2)cc1. The Kier molecular flexibility index (Phi) is 5.75. The van der Waals surface area contributed by atoms with E-state index in [0.29, 0.717) is 11.3 Å². The van der Waals surface area contributed by atoms with Gasteiger partial charge < -0.3 is 11.1 Å². The fourth-order valence-corrected chi connectivity index (χ4v) is 2.70. The maximum absolute atomic E-state index is 12.6. The molecule has 1 atom stereocenters. The average molecular weight is 385 g/mol. The molecular weight excluding hydrogens is 367 g/mol. The first-order valence-electron chi connectivity index (χ1n) is 8.56. The third-order valence-corrected chi connectivity index (χ3v) is 4.24. The Morgan fingerprint density at radius 1 is 0.929 bits per heavy atom. The predicted octanol–water partition coefficient (Wildman–Crippen LogP) is 4.28. The van der Waals surface area contributed by atoms with E-state index in [4.69, 9.17) is 5.73 Å². The van der Waals surface area contributed by atoms with Gasteiger partial charge in [0.2, 0.25) is 5.91 Å². The number of benzene rings is 2. The molecule has 3 rings (SSSR count). The molecule has 3 N–H and O–H groups in total. The van der Waals surface area contributed by atoms with Crippen LogP contribution in [0.15, 0.2) is 73.1 Å². The van der Waals surface area contributed by atoms with Crippen molar-refractivity contribution in [3.05, 3.63) is 84.2 Å². The molecule has 0 fully saturated rings. The van der Waals surface area contributed by atoms with Gasteiger partial charge in [0, 0.05) is 18.1 Å². The average Bonchev–Trinajstić information content (AvgIpc) is 2.69. The zero-order valence-corrected chi connectivity index (χ0v) is 14.8. The van der Waals surface area contributed by atoms with Crippen LogP contribution in [0.1, 0.15) is 11.1 Å². The van der Waals surface area contributed by atoms with Crippen molar-refractivity contribution < 1.29 is 18.0 Å². The molecule has 0 radical (unpaired) electrons. The number of rotatable bonds is 5. The molecule has 0 aliphatic heterocycles. The van der Waals surface area contributed by atoms with Gasteiger partial charge in [-0.3, -0.25) is 9.78 Å². The van der Waals surface area contributed by atoms with Crippen LogP contribution in [0, 0.1) is 0 Å². The number of nitrogens with zero attached hydrogens (tertiary/aromatic N) is 1. The standard InChI is InChI=1S/C21H18F3N3O/c22-21(23,24)17-5-1-14(2-6-17)13-19(25)20(28)27-18-7-3-15(4-8-18)16-9-11-26-12-10-16/h1-12,19H,13,25H2,(H,27,28)/t19-/m1/s1. The van der Waals surface area contributed by atoms with Crippen molar-refractivity contribution >= 4 is 11.6 Å². The van der Waals surface area contributed by atoms with E-state index in [0.717, 1.165) is 23.3 Å². The second kappa shape index (κ2) is 8.22. The number of aromatic nitrogens is 1. The topological polar surface area (TPSA) is 68.0 Å². The van der Waals surface area contributed by atoms with Gasteiger partial charge in [-0.2, -0.15) is 13.2 Å². The Labute approximate surface area is 160 Å². The zero-order valence-electron chi connectivity index (χ0n) is 14.8. The fraction of sp³-hybridized carbons (Fsp3) is 0.143. The lowest BCUT2D eigenvalue weighted by Crippen LogP contribution is -2.37. The highest BCUT2D eigenvalue weighted by atomic mass is 19.4. The second-order valence-electron chi connectivity index (χ2n) is 6.31. The van der Waals surface area contributed by atoms with E-state index in [1.54, 1.807) is 24.5 Å². The number of hydrogen-bond donors (Lipinski definition) is 2. The first-order chi connectivity index (χ1) is 13.3. The van der Waals surface area contributed by atoms with Crippen molar-refractivity contribution in [2.24, 2.45) is 5.73 Å². The van der Waals surface area contributed by atoms with Crippen molar-refractivity contribution in [2.75, 3.05) is 5.32 Å². The summed E-state index contributed by atoms with van der Waals surface area (Å²) in [7, 11) is 0. The van der Waals surface area contributed by atoms with Crippen LogP contribution in [0.3, 0.4) is 0 Å². The van der Waals surface area contributed by atoms with Crippen LogP contribution in [0.2, 0.25) is 0 Å². The quantitative estimate of drug-likeness (QED) is 0.689. The lowest BCUT2D eigenvalue weighted by molar-refractivity contribution is -0.137. The number of nitrogens with one attached hydrogen (secondary N) is 1. The molecule has 0 aliphatic carbocycles. The number of halogens is 3. The largest absolute Gasteiger partial charge is 0.416 e. The lowest BCUT2D eigenvalue weighted by atomic mass is 10.0. The number of pyridine rings is 1. The van der Waals surface area contributed by atoms with Crippen molar-refractivity contribution in [3.8, 4) is 11.1 Å². The van der Waals surface area contributed by atoms with Crippen molar-refractivity contribution in [1.29, 1.82) is 0 Å². The molecule has 28 heavy (non-hydrogen) atoms. The minimum Gasteiger partial charge on any atom is -0.325 e. The van der Waals surface area contributed by atoms with Gasteiger partial charge in [-0.15, -0.1) is 0 Å². The number of nitrogens with two attached hydrogens (primary N) is 1. The summed E-state index contributed by atoms with van der Waals surface area (Å²) < 4.78 is 37.8. The molecule has 1 heterocycles. The minimum atomic E-state index is -4.39. The number of amides is 1. The van der Waals surface area contributed by atoms with Crippen LogP contribution < -0.4 is 11.1 Å². The van der Waals surface area contributed by atoms with Gasteiger partial charge >= 0.3 is 6.18 Å². The first-order valence-corrected chi connectivity index (χ1v) is 8.56. The summed E-state index contributed by atoms with van der Waals surface area (Å²) >= 11 is 0. The Bertz CT molecular complexity index is 924. The van der Waals surface area contributed by atoms with Gasteiger partial charge in [-0.05, 0) is 59.5 Å². The van der Waals surface area contributed by atoms with Crippen molar-refractivity contribution in [3.63, 3.8) is 0 Å². The molecule has 1 amide bonds. The molecule has 1 aromatic heterocycles. The van der Waals surface area contributed by atoms with Crippen molar-refractivity contribution in [1.82, 2.24) is 4.98 Å². The van der Waals surface area contributed by atoms with E-state index in [1.165, 1.54) is 12.1 Å². The van der Waals surface area contributed by atoms with E-state index >= 15 is 0 Å². The Morgan fingerprint density at radius 2 is 1.50 bits per heavy atom. The third kappa shape index (κ3) is 4.95. The highest BCUT2D eigenvalue weighted by molar-refractivity contribution is 5.95. The molecule has 4 nitrogen and oxygen atoms in total. The Balaban J connectivity index is 1.59. The van der Waals surface area contributed by atoms with Gasteiger partial charge in [-0.25, -0.2) is 0 Å². The number of carbonyl (C=O) groups excluding carboxylic acids is 1. The summed E-state index contributed by atoms with van der Waals surface area (Å²) in [6.07, 6.45) is -0.851. The van der Waals surface area contributed by atoms with Crippen LogP contribution in [-0.2, 0) is 17.4 Å². The fourth-order valence-electron chi connectivity index (χ4n) is 2.70. The van der Waals surface area contributed by atoms with Crippen LogP contribution >= 0.6 is 0 Å². The summed E-state index contributed by atoms with van der Waals surface area (Å²) in [5.41, 5.74) is 8.30. The normalized spacial score (nSPS) is 12.4. The first kappa shape index (κ1) is 19.6. The third-order valence-electron chi connectivity index (χ3n) is 4.24. The summed E-state index contributed by atoms with van der Waals surface area (Å²) in [5, 5.41) is 2.72. The zero-order chi connectivity index (χ0) is 20.1. The molecule has 144 valence electrons. The van der Waals surface area contributed by atoms with Crippen molar-refractivity contribution in [2.45, 2.75) is 18.6 Å². The summed E-state index contributed by atoms with van der Waals surface area (Å²) in [5.74, 6) is -0.406. The van der Waals surface area contributed by atoms with Crippen LogP contribution in [0.5, 0.6) is 0 Å². The van der Waals surface area contributed by atoms with E-state index in [1.807, 2.05) is 24.3 Å². The molecule has 0 unspecified atom stereocenters. The molecule has 0 saturated carbocycles. The van der Waals surface area contributed by atoms with Gasteiger partial charge in [0.1, 0.15) is 0 Å². The minimum absolute atomic E-state index is 0.138. The smallest absolute Gasteiger partial charge is 0.325 e. The Hall–Kier alpha value is -3.19. The molecule has 3 aromatic rings. The lowest BCUT2D eigenvalue weighted by Gasteiger charge is -2.13.